The highest BCUT2D eigenvalue weighted by molar-refractivity contribution is 7.26. The minimum absolute atomic E-state index is 0.242. The molecule has 0 amide bonds. The van der Waals surface area contributed by atoms with Gasteiger partial charge in [-0.15, -0.1) is 11.3 Å². The molecular weight excluding hydrogens is 701 g/mol. The molecule has 56 heavy (non-hydrogen) atoms. The highest BCUT2D eigenvalue weighted by Crippen LogP contribution is 2.47. The molecule has 0 bridgehead atoms. The number of thiophene rings is 1. The van der Waals surface area contributed by atoms with E-state index in [0.717, 1.165) is 50.6 Å². The minimum atomic E-state index is -0.242. The second kappa shape index (κ2) is 13.3. The summed E-state index contributed by atoms with van der Waals surface area (Å²) in [5, 5.41) is 8.76. The molecule has 0 saturated heterocycles. The Balaban J connectivity index is 1.10. The lowest BCUT2D eigenvalue weighted by Gasteiger charge is -2.25. The summed E-state index contributed by atoms with van der Waals surface area (Å²) in [5.41, 5.74) is 13.1. The second-order valence-corrected chi connectivity index (χ2v) is 15.2. The third-order valence-electron chi connectivity index (χ3n) is 10.8. The van der Waals surface area contributed by atoms with Gasteiger partial charge in [-0.05, 0) is 58.7 Å². The second-order valence-electron chi connectivity index (χ2n) is 14.2. The molecule has 11 rings (SSSR count). The van der Waals surface area contributed by atoms with E-state index in [4.69, 9.17) is 9.98 Å². The first kappa shape index (κ1) is 32.4. The maximum absolute atomic E-state index is 5.29. The fourth-order valence-electron chi connectivity index (χ4n) is 8.19. The first-order chi connectivity index (χ1) is 27.8. The molecule has 5 heteroatoms. The molecule has 0 spiro atoms. The van der Waals surface area contributed by atoms with Gasteiger partial charge in [0.15, 0.2) is 0 Å². The summed E-state index contributed by atoms with van der Waals surface area (Å²) in [7, 11) is 0. The van der Waals surface area contributed by atoms with Gasteiger partial charge in [0.05, 0.1) is 27.1 Å². The SMILES string of the molecule is C1=C(c2cccc(-n3c4ccccc4c4c5c(sc43)c(-c3ccccc3)nc3ccccc35)c2)NC(c2ccccc2)N=C1c1cccc(-c2ccccc2)c1. The van der Waals surface area contributed by atoms with E-state index in [1.165, 1.54) is 47.7 Å². The summed E-state index contributed by atoms with van der Waals surface area (Å²) < 4.78 is 3.65. The van der Waals surface area contributed by atoms with Gasteiger partial charge in [0, 0.05) is 44.1 Å². The predicted octanol–water partition coefficient (Wildman–Crippen LogP) is 13.0. The van der Waals surface area contributed by atoms with Crippen LogP contribution in [0.3, 0.4) is 0 Å². The largest absolute Gasteiger partial charge is 0.360 e. The third kappa shape index (κ3) is 5.44. The highest BCUT2D eigenvalue weighted by Gasteiger charge is 2.24. The van der Waals surface area contributed by atoms with Crippen LogP contribution in [0.1, 0.15) is 22.9 Å². The Morgan fingerprint density at radius 3 is 1.98 bits per heavy atom. The normalized spacial score (nSPS) is 14.2. The average molecular weight is 735 g/mol. The van der Waals surface area contributed by atoms with Gasteiger partial charge in [0.2, 0.25) is 0 Å². The summed E-state index contributed by atoms with van der Waals surface area (Å²) in [6, 6.07) is 66.6. The Labute approximate surface area is 328 Å². The predicted molar refractivity (Wildman–Crippen MR) is 236 cm³/mol. The fraction of sp³-hybridized carbons (Fsp3) is 0.0196. The molecule has 0 aliphatic carbocycles. The van der Waals surface area contributed by atoms with Crippen molar-refractivity contribution in [2.45, 2.75) is 6.17 Å². The van der Waals surface area contributed by atoms with Crippen LogP contribution in [0.5, 0.6) is 0 Å². The molecule has 4 heterocycles. The summed E-state index contributed by atoms with van der Waals surface area (Å²) in [6.45, 7) is 0. The molecule has 7 aromatic carbocycles. The van der Waals surface area contributed by atoms with E-state index in [1.54, 1.807) is 0 Å². The van der Waals surface area contributed by atoms with Crippen molar-refractivity contribution in [3.8, 4) is 28.1 Å². The van der Waals surface area contributed by atoms with Crippen LogP contribution in [0.4, 0.5) is 0 Å². The van der Waals surface area contributed by atoms with Crippen molar-refractivity contribution < 1.29 is 0 Å². The molecule has 1 N–H and O–H groups in total. The standard InChI is InChI=1S/C51H34N4S/c1-4-16-33(17-5-1)36-22-14-23-37(30-36)43-32-44(54-50(53-43)35-20-8-3-9-21-35)38-24-15-25-39(31-38)55-45-29-13-11-27-41(45)47-46-40-26-10-12-28-42(40)52-48(49(46)56-51(47)55)34-18-6-2-7-19-34/h1-32,50,54H. The van der Waals surface area contributed by atoms with Crippen molar-refractivity contribution in [3.05, 3.63) is 211 Å². The number of aromatic nitrogens is 2. The topological polar surface area (TPSA) is 42.2 Å². The molecule has 3 aromatic heterocycles. The molecule has 1 aliphatic heterocycles. The number of allylic oxidation sites excluding steroid dienone is 1. The first-order valence-electron chi connectivity index (χ1n) is 18.9. The quantitative estimate of drug-likeness (QED) is 0.185. The van der Waals surface area contributed by atoms with Crippen LogP contribution in [-0.2, 0) is 0 Å². The maximum Gasteiger partial charge on any atom is 0.145 e. The van der Waals surface area contributed by atoms with Crippen LogP contribution in [0.2, 0.25) is 0 Å². The number of benzene rings is 7. The van der Waals surface area contributed by atoms with Crippen LogP contribution in [-0.4, -0.2) is 15.3 Å². The van der Waals surface area contributed by atoms with Crippen LogP contribution in [0, 0.1) is 0 Å². The van der Waals surface area contributed by atoms with Crippen molar-refractivity contribution in [2.75, 3.05) is 0 Å². The van der Waals surface area contributed by atoms with E-state index in [9.17, 15) is 0 Å². The van der Waals surface area contributed by atoms with Gasteiger partial charge in [0.1, 0.15) is 11.0 Å². The van der Waals surface area contributed by atoms with Crippen molar-refractivity contribution in [2.24, 2.45) is 4.99 Å². The number of aliphatic imine (C=N–C) groups is 1. The Morgan fingerprint density at radius 1 is 0.518 bits per heavy atom. The maximum atomic E-state index is 5.29. The van der Waals surface area contributed by atoms with Gasteiger partial charge in [-0.25, -0.2) is 4.98 Å². The number of fused-ring (bicyclic) bond motifs is 7. The summed E-state index contributed by atoms with van der Waals surface area (Å²) in [6.07, 6.45) is 1.96. The minimum Gasteiger partial charge on any atom is -0.360 e. The Bertz CT molecular complexity index is 3160. The lowest BCUT2D eigenvalue weighted by atomic mass is 9.98. The molecule has 4 nitrogen and oxygen atoms in total. The van der Waals surface area contributed by atoms with Crippen LogP contribution >= 0.6 is 11.3 Å². The zero-order valence-corrected chi connectivity index (χ0v) is 31.1. The van der Waals surface area contributed by atoms with E-state index in [0.29, 0.717) is 0 Å². The molecular formula is C51H34N4S. The number of para-hydroxylation sites is 2. The van der Waals surface area contributed by atoms with Gasteiger partial charge < -0.3 is 9.88 Å². The number of nitrogens with one attached hydrogen (secondary N) is 1. The number of pyridine rings is 1. The van der Waals surface area contributed by atoms with Gasteiger partial charge in [0.25, 0.3) is 0 Å². The Morgan fingerprint density at radius 2 is 1.16 bits per heavy atom. The van der Waals surface area contributed by atoms with E-state index in [2.05, 4.69) is 204 Å². The van der Waals surface area contributed by atoms with Crippen LogP contribution in [0.25, 0.3) is 75.9 Å². The Hall–Kier alpha value is -7.08. The molecule has 10 aromatic rings. The average Bonchev–Trinajstić information content (AvgIpc) is 3.82. The smallest absolute Gasteiger partial charge is 0.145 e. The monoisotopic (exact) mass is 734 g/mol. The van der Waals surface area contributed by atoms with Crippen molar-refractivity contribution in [1.29, 1.82) is 0 Å². The van der Waals surface area contributed by atoms with Crippen molar-refractivity contribution in [3.63, 3.8) is 0 Å². The van der Waals surface area contributed by atoms with Crippen molar-refractivity contribution >= 4 is 64.9 Å². The van der Waals surface area contributed by atoms with E-state index in [-0.39, 0.29) is 6.17 Å². The molecule has 0 fully saturated rings. The molecule has 264 valence electrons. The van der Waals surface area contributed by atoms with E-state index >= 15 is 0 Å². The number of hydrogen-bond donors (Lipinski definition) is 1. The van der Waals surface area contributed by atoms with E-state index < -0.39 is 0 Å². The summed E-state index contributed by atoms with van der Waals surface area (Å²) in [5.74, 6) is 0. The van der Waals surface area contributed by atoms with Crippen molar-refractivity contribution in [1.82, 2.24) is 14.9 Å². The lowest BCUT2D eigenvalue weighted by molar-refractivity contribution is 0.664. The zero-order chi connectivity index (χ0) is 37.0. The number of hydrogen-bond acceptors (Lipinski definition) is 4. The van der Waals surface area contributed by atoms with Gasteiger partial charge in [-0.3, -0.25) is 4.99 Å². The van der Waals surface area contributed by atoms with Gasteiger partial charge in [-0.1, -0.05) is 158 Å². The van der Waals surface area contributed by atoms with Gasteiger partial charge in [-0.2, -0.15) is 0 Å². The first-order valence-corrected chi connectivity index (χ1v) is 19.8. The summed E-state index contributed by atoms with van der Waals surface area (Å²) >= 11 is 1.83. The van der Waals surface area contributed by atoms with Crippen LogP contribution in [0.15, 0.2) is 199 Å². The number of rotatable bonds is 6. The third-order valence-corrected chi connectivity index (χ3v) is 12.0. The molecule has 1 unspecified atom stereocenters. The summed E-state index contributed by atoms with van der Waals surface area (Å²) in [4.78, 5) is 11.8. The zero-order valence-electron chi connectivity index (χ0n) is 30.3. The Kier molecular flexibility index (Phi) is 7.71. The molecule has 1 atom stereocenters. The van der Waals surface area contributed by atoms with Gasteiger partial charge >= 0.3 is 0 Å². The molecule has 1 aliphatic rings. The van der Waals surface area contributed by atoms with Crippen LogP contribution < -0.4 is 5.32 Å². The molecule has 0 radical (unpaired) electrons. The highest BCUT2D eigenvalue weighted by atomic mass is 32.1. The molecule has 0 saturated carbocycles. The lowest BCUT2D eigenvalue weighted by Crippen LogP contribution is -2.25. The number of nitrogens with zero attached hydrogens (tertiary/aromatic N) is 3. The van der Waals surface area contributed by atoms with E-state index in [1.807, 2.05) is 11.3 Å². The fourth-order valence-corrected chi connectivity index (χ4v) is 9.57.